The monoisotopic (exact) mass is 191 g/mol. The maximum atomic E-state index is 9.96. The molecular weight excluding hydrogens is 174 g/mol. The maximum Gasteiger partial charge on any atom is 0.0608 e. The average Bonchev–Trinajstić information content (AvgIpc) is 3.02. The van der Waals surface area contributed by atoms with E-state index in [1.54, 1.807) is 12.4 Å². The number of aromatic nitrogens is 1. The van der Waals surface area contributed by atoms with Gasteiger partial charge in [0, 0.05) is 18.3 Å². The third-order valence-corrected chi connectivity index (χ3v) is 3.08. The van der Waals surface area contributed by atoms with Gasteiger partial charge in [-0.15, -0.1) is 0 Å². The maximum absolute atomic E-state index is 9.96. The molecule has 0 bridgehead atoms. The van der Waals surface area contributed by atoms with Crippen LogP contribution in [-0.4, -0.2) is 16.2 Å². The number of hydrogen-bond donors (Lipinski definition) is 1. The highest BCUT2D eigenvalue weighted by molar-refractivity contribution is 5.16. The van der Waals surface area contributed by atoms with Crippen LogP contribution in [0.2, 0.25) is 0 Å². The second-order valence-electron chi connectivity index (χ2n) is 4.32. The van der Waals surface area contributed by atoms with Gasteiger partial charge in [-0.25, -0.2) is 0 Å². The number of aliphatic hydroxyl groups is 1. The molecule has 2 atom stereocenters. The Balaban J connectivity index is 1.96. The Labute approximate surface area is 85.0 Å². The molecule has 1 saturated carbocycles. The van der Waals surface area contributed by atoms with Crippen LogP contribution in [0.1, 0.15) is 37.7 Å². The van der Waals surface area contributed by atoms with Crippen LogP contribution in [0.25, 0.3) is 0 Å². The summed E-state index contributed by atoms with van der Waals surface area (Å²) in [7, 11) is 0. The van der Waals surface area contributed by atoms with Crippen molar-refractivity contribution in [1.82, 2.24) is 4.98 Å². The first-order valence-corrected chi connectivity index (χ1v) is 5.35. The van der Waals surface area contributed by atoms with Gasteiger partial charge in [-0.05, 0) is 30.0 Å². The van der Waals surface area contributed by atoms with Gasteiger partial charge in [0.1, 0.15) is 0 Å². The van der Waals surface area contributed by atoms with Crippen LogP contribution in [0.15, 0.2) is 24.5 Å². The van der Waals surface area contributed by atoms with Crippen LogP contribution >= 0.6 is 0 Å². The van der Waals surface area contributed by atoms with E-state index < -0.39 is 0 Å². The van der Waals surface area contributed by atoms with E-state index in [1.807, 2.05) is 12.1 Å². The molecule has 14 heavy (non-hydrogen) atoms. The fraction of sp³-hybridized carbons (Fsp3) is 0.583. The van der Waals surface area contributed by atoms with Crippen LogP contribution in [-0.2, 0) is 0 Å². The minimum atomic E-state index is -0.190. The summed E-state index contributed by atoms with van der Waals surface area (Å²) in [5.74, 6) is 1.02. The fourth-order valence-electron chi connectivity index (χ4n) is 1.79. The van der Waals surface area contributed by atoms with Crippen LogP contribution in [0, 0.1) is 5.92 Å². The Morgan fingerprint density at radius 2 is 2.07 bits per heavy atom. The highest BCUT2D eigenvalue weighted by Gasteiger charge is 2.27. The van der Waals surface area contributed by atoms with Crippen molar-refractivity contribution in [3.8, 4) is 0 Å². The van der Waals surface area contributed by atoms with E-state index in [-0.39, 0.29) is 12.0 Å². The van der Waals surface area contributed by atoms with Gasteiger partial charge in [-0.1, -0.05) is 19.8 Å². The first kappa shape index (κ1) is 9.66. The second kappa shape index (κ2) is 4.09. The number of rotatable bonds is 4. The summed E-state index contributed by atoms with van der Waals surface area (Å²) < 4.78 is 0. The Kier molecular flexibility index (Phi) is 2.82. The Morgan fingerprint density at radius 1 is 1.43 bits per heavy atom. The zero-order valence-corrected chi connectivity index (χ0v) is 8.56. The molecule has 0 saturated heterocycles. The van der Waals surface area contributed by atoms with Crippen molar-refractivity contribution >= 4 is 0 Å². The molecule has 2 heteroatoms. The van der Waals surface area contributed by atoms with Gasteiger partial charge in [-0.3, -0.25) is 4.98 Å². The van der Waals surface area contributed by atoms with Crippen molar-refractivity contribution in [3.05, 3.63) is 30.1 Å². The number of hydrogen-bond acceptors (Lipinski definition) is 2. The van der Waals surface area contributed by atoms with Crippen molar-refractivity contribution in [1.29, 1.82) is 0 Å². The van der Waals surface area contributed by atoms with Crippen molar-refractivity contribution in [3.63, 3.8) is 0 Å². The fourth-order valence-corrected chi connectivity index (χ4v) is 1.79. The van der Waals surface area contributed by atoms with Crippen LogP contribution in [0.4, 0.5) is 0 Å². The normalized spacial score (nSPS) is 20.4. The van der Waals surface area contributed by atoms with Gasteiger partial charge in [0.2, 0.25) is 0 Å². The lowest BCUT2D eigenvalue weighted by atomic mass is 9.93. The third kappa shape index (κ3) is 2.32. The molecule has 1 aliphatic rings. The summed E-state index contributed by atoms with van der Waals surface area (Å²) in [6.45, 7) is 2.09. The molecule has 2 rings (SSSR count). The van der Waals surface area contributed by atoms with Gasteiger partial charge < -0.3 is 5.11 Å². The topological polar surface area (TPSA) is 33.1 Å². The van der Waals surface area contributed by atoms with Gasteiger partial charge in [-0.2, -0.15) is 0 Å². The van der Waals surface area contributed by atoms with Crippen molar-refractivity contribution in [2.75, 3.05) is 0 Å². The zero-order chi connectivity index (χ0) is 9.97. The first-order chi connectivity index (χ1) is 6.77. The Morgan fingerprint density at radius 3 is 2.64 bits per heavy atom. The molecule has 1 aromatic rings. The molecule has 1 aliphatic carbocycles. The highest BCUT2D eigenvalue weighted by Crippen LogP contribution is 2.36. The lowest BCUT2D eigenvalue weighted by Crippen LogP contribution is -2.16. The summed E-state index contributed by atoms with van der Waals surface area (Å²) >= 11 is 0. The summed E-state index contributed by atoms with van der Waals surface area (Å²) in [6.07, 6.45) is 6.96. The van der Waals surface area contributed by atoms with Crippen molar-refractivity contribution in [2.45, 2.75) is 38.2 Å². The quantitative estimate of drug-likeness (QED) is 0.792. The van der Waals surface area contributed by atoms with E-state index in [2.05, 4.69) is 11.9 Å². The summed E-state index contributed by atoms with van der Waals surface area (Å²) in [4.78, 5) is 3.98. The smallest absolute Gasteiger partial charge is 0.0608 e. The average molecular weight is 191 g/mol. The van der Waals surface area contributed by atoms with Gasteiger partial charge in [0.15, 0.2) is 0 Å². The minimum Gasteiger partial charge on any atom is -0.392 e. The first-order valence-electron chi connectivity index (χ1n) is 5.35. The molecule has 0 radical (unpaired) electrons. The van der Waals surface area contributed by atoms with E-state index in [0.29, 0.717) is 0 Å². The number of pyridine rings is 1. The summed E-state index contributed by atoms with van der Waals surface area (Å²) in [5.41, 5.74) is 1.19. The molecule has 1 fully saturated rings. The van der Waals surface area contributed by atoms with Crippen molar-refractivity contribution in [2.24, 2.45) is 5.92 Å². The molecular formula is C12H17NO. The molecule has 1 heterocycles. The molecule has 0 spiro atoms. The largest absolute Gasteiger partial charge is 0.392 e. The van der Waals surface area contributed by atoms with E-state index in [0.717, 1.165) is 12.3 Å². The standard InChI is InChI=1S/C12H17NO/c1-9(11-4-6-13-7-5-11)12(14)8-10-2-3-10/h4-7,9-10,12,14H,2-3,8H2,1H3. The van der Waals surface area contributed by atoms with E-state index in [9.17, 15) is 5.11 Å². The highest BCUT2D eigenvalue weighted by atomic mass is 16.3. The van der Waals surface area contributed by atoms with Gasteiger partial charge in [0.05, 0.1) is 6.10 Å². The molecule has 1 aromatic heterocycles. The van der Waals surface area contributed by atoms with Gasteiger partial charge in [0.25, 0.3) is 0 Å². The second-order valence-corrected chi connectivity index (χ2v) is 4.32. The van der Waals surface area contributed by atoms with Crippen molar-refractivity contribution < 1.29 is 5.11 Å². The number of nitrogens with zero attached hydrogens (tertiary/aromatic N) is 1. The van der Waals surface area contributed by atoms with Gasteiger partial charge >= 0.3 is 0 Å². The predicted octanol–water partition coefficient (Wildman–Crippen LogP) is 2.35. The van der Waals surface area contributed by atoms with E-state index in [4.69, 9.17) is 0 Å². The zero-order valence-electron chi connectivity index (χ0n) is 8.56. The van der Waals surface area contributed by atoms with Crippen LogP contribution in [0.3, 0.4) is 0 Å². The molecule has 2 nitrogen and oxygen atoms in total. The SMILES string of the molecule is CC(c1ccncc1)C(O)CC1CC1. The molecule has 1 N–H and O–H groups in total. The predicted molar refractivity (Wildman–Crippen MR) is 56.0 cm³/mol. The summed E-state index contributed by atoms with van der Waals surface area (Å²) in [6, 6.07) is 3.97. The molecule has 0 amide bonds. The molecule has 0 aliphatic heterocycles. The Bertz CT molecular complexity index is 282. The lowest BCUT2D eigenvalue weighted by molar-refractivity contribution is 0.133. The van der Waals surface area contributed by atoms with E-state index >= 15 is 0 Å². The third-order valence-electron chi connectivity index (χ3n) is 3.08. The number of aliphatic hydroxyl groups excluding tert-OH is 1. The van der Waals surface area contributed by atoms with Crippen LogP contribution < -0.4 is 0 Å². The van der Waals surface area contributed by atoms with E-state index in [1.165, 1.54) is 18.4 Å². The molecule has 0 aromatic carbocycles. The lowest BCUT2D eigenvalue weighted by Gasteiger charge is -2.18. The minimum absolute atomic E-state index is 0.190. The van der Waals surface area contributed by atoms with Crippen LogP contribution in [0.5, 0.6) is 0 Å². The Hall–Kier alpha value is -0.890. The summed E-state index contributed by atoms with van der Waals surface area (Å²) in [5, 5.41) is 9.96. The molecule has 76 valence electrons. The molecule has 2 unspecified atom stereocenters.